The van der Waals surface area contributed by atoms with Crippen LogP contribution in [0.4, 0.5) is 0 Å². The second-order valence-corrected chi connectivity index (χ2v) is 8.75. The van der Waals surface area contributed by atoms with Gasteiger partial charge in [-0.25, -0.2) is 0 Å². The summed E-state index contributed by atoms with van der Waals surface area (Å²) in [6.45, 7) is 1.39. The van der Waals surface area contributed by atoms with Crippen molar-refractivity contribution in [3.05, 3.63) is 46.2 Å². The lowest BCUT2D eigenvalue weighted by molar-refractivity contribution is 0.198. The minimum absolute atomic E-state index is 0. The molecule has 0 saturated heterocycles. The first-order chi connectivity index (χ1) is 14.6. The summed E-state index contributed by atoms with van der Waals surface area (Å²) in [4.78, 5) is 7.96. The zero-order valence-electron chi connectivity index (χ0n) is 18.9. The highest BCUT2D eigenvalue weighted by molar-refractivity contribution is 14.0. The third-order valence-corrected chi connectivity index (χ3v) is 6.47. The SMILES string of the molecule is CN=C(NCc1cccc(OC)c1OC1CCCC1)NCC(c1cccs1)N(C)C.I. The third-order valence-electron chi connectivity index (χ3n) is 5.49. The summed E-state index contributed by atoms with van der Waals surface area (Å²) in [6, 6.07) is 10.6. The normalized spacial score (nSPS) is 15.5. The second kappa shape index (κ2) is 13.1. The van der Waals surface area contributed by atoms with Crippen LogP contribution < -0.4 is 20.1 Å². The number of likely N-dealkylation sites (N-methyl/N-ethyl adjacent to an activating group) is 1. The molecule has 172 valence electrons. The predicted octanol–water partition coefficient (Wildman–Crippen LogP) is 4.66. The molecule has 1 heterocycles. The molecule has 1 aromatic carbocycles. The highest BCUT2D eigenvalue weighted by atomic mass is 127. The third kappa shape index (κ3) is 7.25. The molecule has 1 saturated carbocycles. The number of halogens is 1. The lowest BCUT2D eigenvalue weighted by Gasteiger charge is -2.25. The first-order valence-electron chi connectivity index (χ1n) is 10.6. The maximum Gasteiger partial charge on any atom is 0.191 e. The van der Waals surface area contributed by atoms with Crippen molar-refractivity contribution in [3.8, 4) is 11.5 Å². The molecule has 3 rings (SSSR count). The van der Waals surface area contributed by atoms with Crippen LogP contribution in [0.2, 0.25) is 0 Å². The molecule has 1 unspecified atom stereocenters. The number of benzene rings is 1. The number of thiophene rings is 1. The van der Waals surface area contributed by atoms with Crippen LogP contribution in [0.5, 0.6) is 11.5 Å². The standard InChI is InChI=1S/C23H34N4O2S.HI/c1-24-23(26-16-19(27(2)3)21-13-8-14-30-21)25-15-17-9-7-12-20(28-4)22(17)29-18-10-5-6-11-18;/h7-9,12-14,18-19H,5-6,10-11,15-16H2,1-4H3,(H2,24,25,26);1H. The Morgan fingerprint density at radius 2 is 1.97 bits per heavy atom. The van der Waals surface area contributed by atoms with E-state index in [0.717, 1.165) is 42.4 Å². The van der Waals surface area contributed by atoms with Gasteiger partial charge in [-0.15, -0.1) is 35.3 Å². The number of hydrogen-bond acceptors (Lipinski definition) is 5. The number of nitrogens with one attached hydrogen (secondary N) is 2. The summed E-state index contributed by atoms with van der Waals surface area (Å²) in [6.07, 6.45) is 4.98. The molecule has 31 heavy (non-hydrogen) atoms. The monoisotopic (exact) mass is 558 g/mol. The number of nitrogens with zero attached hydrogens (tertiary/aromatic N) is 2. The summed E-state index contributed by atoms with van der Waals surface area (Å²) < 4.78 is 11.9. The van der Waals surface area contributed by atoms with Gasteiger partial charge in [-0.1, -0.05) is 18.2 Å². The number of ether oxygens (including phenoxy) is 2. The Hall–Kier alpha value is -1.52. The number of para-hydroxylation sites is 1. The molecule has 1 atom stereocenters. The molecule has 0 spiro atoms. The van der Waals surface area contributed by atoms with Crippen molar-refractivity contribution in [1.29, 1.82) is 0 Å². The molecular formula is C23H35IN4O2S. The van der Waals surface area contributed by atoms with Crippen LogP contribution in [0.25, 0.3) is 0 Å². The van der Waals surface area contributed by atoms with Crippen LogP contribution in [0.15, 0.2) is 40.7 Å². The largest absolute Gasteiger partial charge is 0.493 e. The van der Waals surface area contributed by atoms with Gasteiger partial charge in [0.15, 0.2) is 17.5 Å². The maximum absolute atomic E-state index is 6.34. The zero-order chi connectivity index (χ0) is 21.3. The van der Waals surface area contributed by atoms with E-state index in [1.807, 2.05) is 12.1 Å². The molecule has 1 aliphatic carbocycles. The number of methoxy groups -OCH3 is 1. The van der Waals surface area contributed by atoms with E-state index >= 15 is 0 Å². The Kier molecular flexibility index (Phi) is 10.9. The first-order valence-corrected chi connectivity index (χ1v) is 11.5. The van der Waals surface area contributed by atoms with E-state index in [1.54, 1.807) is 25.5 Å². The van der Waals surface area contributed by atoms with Crippen molar-refractivity contribution in [1.82, 2.24) is 15.5 Å². The zero-order valence-corrected chi connectivity index (χ0v) is 22.0. The van der Waals surface area contributed by atoms with Crippen molar-refractivity contribution in [3.63, 3.8) is 0 Å². The molecule has 0 aliphatic heterocycles. The number of guanidine groups is 1. The molecule has 0 amide bonds. The lowest BCUT2D eigenvalue weighted by atomic mass is 10.1. The lowest BCUT2D eigenvalue weighted by Crippen LogP contribution is -2.41. The summed E-state index contributed by atoms with van der Waals surface area (Å²) in [5, 5.41) is 9.01. The van der Waals surface area contributed by atoms with Crippen LogP contribution >= 0.6 is 35.3 Å². The molecule has 1 fully saturated rings. The molecule has 0 radical (unpaired) electrons. The fraction of sp³-hybridized carbons (Fsp3) is 0.522. The van der Waals surface area contributed by atoms with Gasteiger partial charge in [0, 0.05) is 30.6 Å². The molecule has 1 aliphatic rings. The fourth-order valence-corrected chi connectivity index (χ4v) is 4.70. The number of aliphatic imine (C=N–C) groups is 1. The van der Waals surface area contributed by atoms with E-state index in [0.29, 0.717) is 12.6 Å². The van der Waals surface area contributed by atoms with E-state index < -0.39 is 0 Å². The van der Waals surface area contributed by atoms with E-state index in [-0.39, 0.29) is 30.1 Å². The van der Waals surface area contributed by atoms with Crippen LogP contribution in [0.3, 0.4) is 0 Å². The van der Waals surface area contributed by atoms with Crippen molar-refractivity contribution in [2.75, 3.05) is 34.8 Å². The van der Waals surface area contributed by atoms with Crippen LogP contribution in [0, 0.1) is 0 Å². The minimum atomic E-state index is 0. The van der Waals surface area contributed by atoms with Crippen molar-refractivity contribution >= 4 is 41.3 Å². The van der Waals surface area contributed by atoms with Gasteiger partial charge < -0.3 is 25.0 Å². The average Bonchev–Trinajstić information content (AvgIpc) is 3.45. The summed E-state index contributed by atoms with van der Waals surface area (Å²) in [7, 11) is 7.70. The van der Waals surface area contributed by atoms with E-state index in [2.05, 4.69) is 58.2 Å². The van der Waals surface area contributed by atoms with Crippen LogP contribution in [-0.4, -0.2) is 51.8 Å². The Morgan fingerprint density at radius 3 is 2.58 bits per heavy atom. The van der Waals surface area contributed by atoms with Gasteiger partial charge in [-0.05, 0) is 57.3 Å². The quantitative estimate of drug-likeness (QED) is 0.266. The van der Waals surface area contributed by atoms with Gasteiger partial charge in [-0.3, -0.25) is 4.99 Å². The van der Waals surface area contributed by atoms with Gasteiger partial charge in [0.2, 0.25) is 0 Å². The average molecular weight is 559 g/mol. The maximum atomic E-state index is 6.34. The topological polar surface area (TPSA) is 58.1 Å². The van der Waals surface area contributed by atoms with E-state index in [4.69, 9.17) is 9.47 Å². The smallest absolute Gasteiger partial charge is 0.191 e. The molecule has 6 nitrogen and oxygen atoms in total. The Morgan fingerprint density at radius 1 is 1.19 bits per heavy atom. The molecule has 8 heteroatoms. The molecule has 2 aromatic rings. The van der Waals surface area contributed by atoms with Gasteiger partial charge >= 0.3 is 0 Å². The van der Waals surface area contributed by atoms with Crippen LogP contribution in [-0.2, 0) is 6.54 Å². The molecular weight excluding hydrogens is 523 g/mol. The summed E-state index contributed by atoms with van der Waals surface area (Å²) >= 11 is 1.78. The Balaban J connectivity index is 0.00000341. The van der Waals surface area contributed by atoms with Crippen LogP contribution in [0.1, 0.15) is 42.2 Å². The van der Waals surface area contributed by atoms with E-state index in [9.17, 15) is 0 Å². The van der Waals surface area contributed by atoms with Crippen molar-refractivity contribution < 1.29 is 9.47 Å². The van der Waals surface area contributed by atoms with E-state index in [1.165, 1.54) is 17.7 Å². The number of hydrogen-bond donors (Lipinski definition) is 2. The summed E-state index contributed by atoms with van der Waals surface area (Å²) in [5.74, 6) is 2.40. The molecule has 2 N–H and O–H groups in total. The highest BCUT2D eigenvalue weighted by Crippen LogP contribution is 2.34. The molecule has 0 bridgehead atoms. The van der Waals surface area contributed by atoms with Gasteiger partial charge in [0.25, 0.3) is 0 Å². The Labute approximate surface area is 207 Å². The predicted molar refractivity (Wildman–Crippen MR) is 140 cm³/mol. The molecule has 1 aromatic heterocycles. The second-order valence-electron chi connectivity index (χ2n) is 7.77. The Bertz CT molecular complexity index is 808. The summed E-state index contributed by atoms with van der Waals surface area (Å²) in [5.41, 5.74) is 1.08. The van der Waals surface area contributed by atoms with Crippen molar-refractivity contribution in [2.45, 2.75) is 44.4 Å². The number of rotatable bonds is 9. The van der Waals surface area contributed by atoms with Gasteiger partial charge in [0.05, 0.1) is 19.3 Å². The highest BCUT2D eigenvalue weighted by Gasteiger charge is 2.21. The van der Waals surface area contributed by atoms with Crippen molar-refractivity contribution in [2.24, 2.45) is 4.99 Å². The fourth-order valence-electron chi connectivity index (χ4n) is 3.78. The first kappa shape index (κ1) is 25.7. The minimum Gasteiger partial charge on any atom is -0.493 e. The van der Waals surface area contributed by atoms with Gasteiger partial charge in [-0.2, -0.15) is 0 Å². The van der Waals surface area contributed by atoms with Gasteiger partial charge in [0.1, 0.15) is 0 Å².